The van der Waals surface area contributed by atoms with Crippen molar-refractivity contribution in [2.45, 2.75) is 51.5 Å². The molecular weight excluding hydrogens is 366 g/mol. The first-order valence-electron chi connectivity index (χ1n) is 11.0. The van der Waals surface area contributed by atoms with Gasteiger partial charge >= 0.3 is 0 Å². The van der Waals surface area contributed by atoms with Crippen LogP contribution in [0.3, 0.4) is 0 Å². The zero-order valence-corrected chi connectivity index (χ0v) is 17.3. The lowest BCUT2D eigenvalue weighted by molar-refractivity contribution is 0.0630. The molecule has 2 aromatic rings. The number of carbonyl (C=O) groups is 2. The van der Waals surface area contributed by atoms with Gasteiger partial charge in [0.1, 0.15) is 0 Å². The van der Waals surface area contributed by atoms with E-state index in [1.54, 1.807) is 4.40 Å². The van der Waals surface area contributed by atoms with Crippen molar-refractivity contribution in [1.82, 2.24) is 24.5 Å². The SMILES string of the molecule is CCN1CCN(C(=O)c2nc(C(=O)NC3CCCCCC3)c3ccccn23)CC1. The highest BCUT2D eigenvalue weighted by atomic mass is 16.2. The second-order valence-electron chi connectivity index (χ2n) is 8.13. The second kappa shape index (κ2) is 8.95. The Bertz CT molecular complexity index is 861. The molecule has 2 aliphatic rings. The Morgan fingerprint density at radius 3 is 2.48 bits per heavy atom. The smallest absolute Gasteiger partial charge is 0.290 e. The predicted molar refractivity (Wildman–Crippen MR) is 112 cm³/mol. The first-order chi connectivity index (χ1) is 14.2. The van der Waals surface area contributed by atoms with Gasteiger partial charge in [-0.1, -0.05) is 38.7 Å². The first kappa shape index (κ1) is 19.9. The van der Waals surface area contributed by atoms with Crippen molar-refractivity contribution in [3.63, 3.8) is 0 Å². The molecule has 7 heteroatoms. The molecule has 2 fully saturated rings. The molecule has 1 saturated heterocycles. The number of nitrogens with one attached hydrogen (secondary N) is 1. The molecule has 4 rings (SSSR count). The third-order valence-corrected chi connectivity index (χ3v) is 6.25. The number of hydrogen-bond acceptors (Lipinski definition) is 4. The van der Waals surface area contributed by atoms with E-state index in [1.165, 1.54) is 12.8 Å². The Balaban J connectivity index is 1.56. The summed E-state index contributed by atoms with van der Waals surface area (Å²) in [6.45, 7) is 6.27. The number of imidazole rings is 1. The number of carbonyl (C=O) groups excluding carboxylic acids is 2. The number of nitrogens with zero attached hydrogens (tertiary/aromatic N) is 4. The molecule has 29 heavy (non-hydrogen) atoms. The van der Waals surface area contributed by atoms with E-state index in [1.807, 2.05) is 29.3 Å². The molecule has 1 N–H and O–H groups in total. The molecule has 156 valence electrons. The Hall–Kier alpha value is -2.41. The van der Waals surface area contributed by atoms with Gasteiger partial charge in [0.2, 0.25) is 5.82 Å². The number of amides is 2. The Morgan fingerprint density at radius 2 is 1.79 bits per heavy atom. The summed E-state index contributed by atoms with van der Waals surface area (Å²) in [7, 11) is 0. The largest absolute Gasteiger partial charge is 0.348 e. The number of piperazine rings is 1. The van der Waals surface area contributed by atoms with Crippen molar-refractivity contribution in [2.24, 2.45) is 0 Å². The maximum atomic E-state index is 13.2. The molecule has 0 aromatic carbocycles. The van der Waals surface area contributed by atoms with Crippen LogP contribution in [0.4, 0.5) is 0 Å². The summed E-state index contributed by atoms with van der Waals surface area (Å²) in [4.78, 5) is 34.9. The Labute approximate surface area is 172 Å². The molecule has 7 nitrogen and oxygen atoms in total. The van der Waals surface area contributed by atoms with E-state index in [-0.39, 0.29) is 17.9 Å². The van der Waals surface area contributed by atoms with Crippen molar-refractivity contribution < 1.29 is 9.59 Å². The van der Waals surface area contributed by atoms with E-state index >= 15 is 0 Å². The Kier molecular flexibility index (Phi) is 6.13. The molecule has 0 radical (unpaired) electrons. The van der Waals surface area contributed by atoms with Crippen LogP contribution in [0.5, 0.6) is 0 Å². The highest BCUT2D eigenvalue weighted by Crippen LogP contribution is 2.20. The predicted octanol–water partition coefficient (Wildman–Crippen LogP) is 2.56. The summed E-state index contributed by atoms with van der Waals surface area (Å²) in [6, 6.07) is 5.81. The van der Waals surface area contributed by atoms with Crippen LogP contribution in [0.1, 0.15) is 66.6 Å². The van der Waals surface area contributed by atoms with Crippen LogP contribution < -0.4 is 5.32 Å². The molecule has 0 spiro atoms. The minimum atomic E-state index is -0.171. The number of pyridine rings is 1. The molecule has 0 bridgehead atoms. The van der Waals surface area contributed by atoms with Gasteiger partial charge < -0.3 is 15.1 Å². The molecular formula is C22H31N5O2. The third-order valence-electron chi connectivity index (χ3n) is 6.25. The summed E-state index contributed by atoms with van der Waals surface area (Å²) in [5.74, 6) is 0.0579. The van der Waals surface area contributed by atoms with E-state index in [2.05, 4.69) is 22.1 Å². The molecule has 3 heterocycles. The topological polar surface area (TPSA) is 69.9 Å². The molecule has 1 aliphatic carbocycles. The third kappa shape index (κ3) is 4.29. The van der Waals surface area contributed by atoms with Gasteiger partial charge in [-0.2, -0.15) is 0 Å². The fourth-order valence-corrected chi connectivity index (χ4v) is 4.44. The van der Waals surface area contributed by atoms with Gasteiger partial charge in [0.05, 0.1) is 5.52 Å². The van der Waals surface area contributed by atoms with Crippen molar-refractivity contribution in [1.29, 1.82) is 0 Å². The first-order valence-corrected chi connectivity index (χ1v) is 11.0. The molecule has 0 unspecified atom stereocenters. The number of hydrogen-bond donors (Lipinski definition) is 1. The lowest BCUT2D eigenvalue weighted by atomic mass is 10.1. The fourth-order valence-electron chi connectivity index (χ4n) is 4.44. The highest BCUT2D eigenvalue weighted by Gasteiger charge is 2.28. The van der Waals surface area contributed by atoms with E-state index in [4.69, 9.17) is 0 Å². The fraction of sp³-hybridized carbons (Fsp3) is 0.591. The minimum absolute atomic E-state index is 0.101. The van der Waals surface area contributed by atoms with Gasteiger partial charge in [0.25, 0.3) is 11.8 Å². The number of aromatic nitrogens is 2. The highest BCUT2D eigenvalue weighted by molar-refractivity contribution is 6.02. The van der Waals surface area contributed by atoms with Crippen LogP contribution in [-0.4, -0.2) is 69.8 Å². The standard InChI is InChI=1S/C22H31N5O2/c1-2-25-13-15-26(16-14-25)22(29)20-24-19(18-11-7-8-12-27(18)20)21(28)23-17-9-5-3-4-6-10-17/h7-8,11-12,17H,2-6,9-10,13-16H2,1H3,(H,23,28). The maximum Gasteiger partial charge on any atom is 0.290 e. The lowest BCUT2D eigenvalue weighted by Gasteiger charge is -2.33. The number of fused-ring (bicyclic) bond motifs is 1. The second-order valence-corrected chi connectivity index (χ2v) is 8.13. The molecule has 0 atom stereocenters. The number of likely N-dealkylation sites (N-methyl/N-ethyl adjacent to an activating group) is 1. The maximum absolute atomic E-state index is 13.2. The van der Waals surface area contributed by atoms with Crippen molar-refractivity contribution in [3.05, 3.63) is 35.9 Å². The summed E-state index contributed by atoms with van der Waals surface area (Å²) in [5.41, 5.74) is 1.04. The van der Waals surface area contributed by atoms with Crippen LogP contribution in [0.15, 0.2) is 24.4 Å². The summed E-state index contributed by atoms with van der Waals surface area (Å²) >= 11 is 0. The molecule has 1 aliphatic heterocycles. The van der Waals surface area contributed by atoms with Gasteiger partial charge in [-0.3, -0.25) is 14.0 Å². The summed E-state index contributed by atoms with van der Waals surface area (Å²) in [6.07, 6.45) is 8.65. The minimum Gasteiger partial charge on any atom is -0.348 e. The average Bonchev–Trinajstić information content (AvgIpc) is 2.96. The zero-order chi connectivity index (χ0) is 20.2. The Morgan fingerprint density at radius 1 is 1.07 bits per heavy atom. The van der Waals surface area contributed by atoms with Crippen molar-refractivity contribution in [3.8, 4) is 0 Å². The average molecular weight is 398 g/mol. The van der Waals surface area contributed by atoms with Crippen molar-refractivity contribution in [2.75, 3.05) is 32.7 Å². The van der Waals surface area contributed by atoms with Gasteiger partial charge in [-0.15, -0.1) is 0 Å². The molecule has 1 saturated carbocycles. The lowest BCUT2D eigenvalue weighted by Crippen LogP contribution is -2.48. The van der Waals surface area contributed by atoms with Crippen LogP contribution >= 0.6 is 0 Å². The summed E-state index contributed by atoms with van der Waals surface area (Å²) in [5, 5.41) is 3.17. The van der Waals surface area contributed by atoms with E-state index in [0.29, 0.717) is 30.1 Å². The number of rotatable bonds is 4. The van der Waals surface area contributed by atoms with E-state index < -0.39 is 0 Å². The van der Waals surface area contributed by atoms with Crippen LogP contribution in [0, 0.1) is 0 Å². The molecule has 2 amide bonds. The van der Waals surface area contributed by atoms with E-state index in [9.17, 15) is 9.59 Å². The van der Waals surface area contributed by atoms with Gasteiger partial charge in [-0.05, 0) is 31.5 Å². The normalized spacial score (nSPS) is 19.3. The van der Waals surface area contributed by atoms with Crippen LogP contribution in [0.25, 0.3) is 5.52 Å². The van der Waals surface area contributed by atoms with Crippen LogP contribution in [0.2, 0.25) is 0 Å². The quantitative estimate of drug-likeness (QED) is 0.805. The van der Waals surface area contributed by atoms with Crippen molar-refractivity contribution >= 4 is 17.3 Å². The summed E-state index contributed by atoms with van der Waals surface area (Å²) < 4.78 is 1.76. The van der Waals surface area contributed by atoms with E-state index in [0.717, 1.165) is 45.3 Å². The zero-order valence-electron chi connectivity index (χ0n) is 17.3. The van der Waals surface area contributed by atoms with Crippen LogP contribution in [-0.2, 0) is 0 Å². The molecule has 2 aromatic heterocycles. The van der Waals surface area contributed by atoms with Gasteiger partial charge in [-0.25, -0.2) is 4.98 Å². The van der Waals surface area contributed by atoms with Gasteiger partial charge in [0, 0.05) is 38.4 Å². The monoisotopic (exact) mass is 397 g/mol. The van der Waals surface area contributed by atoms with Gasteiger partial charge in [0.15, 0.2) is 5.69 Å².